The smallest absolute Gasteiger partial charge is 0.325 e. The number of aliphatic imine (C=N–C) groups is 1. The monoisotopic (exact) mass is 210 g/mol. The third kappa shape index (κ3) is 6.49. The zero-order chi connectivity index (χ0) is 11.7. The molecule has 0 aromatic carbocycles. The normalized spacial score (nSPS) is 12.6. The molecule has 0 atom stereocenters. The van der Waals surface area contributed by atoms with E-state index in [-0.39, 0.29) is 6.54 Å². The molecule has 0 saturated carbocycles. The van der Waals surface area contributed by atoms with E-state index in [1.54, 1.807) is 0 Å². The first kappa shape index (κ1) is 13.4. The first-order valence-electron chi connectivity index (χ1n) is 4.89. The predicted molar refractivity (Wildman–Crippen MR) is 61.9 cm³/mol. The molecule has 84 valence electrons. The third-order valence-corrected chi connectivity index (χ3v) is 1.73. The molecule has 1 N–H and O–H groups in total. The van der Waals surface area contributed by atoms with E-state index in [2.05, 4.69) is 4.99 Å². The highest BCUT2D eigenvalue weighted by atomic mass is 16.4. The maximum absolute atomic E-state index is 10.3. The van der Waals surface area contributed by atoms with E-state index >= 15 is 0 Å². The van der Waals surface area contributed by atoms with Gasteiger partial charge in [-0.1, -0.05) is 19.1 Å². The summed E-state index contributed by atoms with van der Waals surface area (Å²) in [6, 6.07) is 0. The zero-order valence-electron chi connectivity index (χ0n) is 9.47. The van der Waals surface area contributed by atoms with Crippen molar-refractivity contribution in [3.8, 4) is 0 Å². The summed E-state index contributed by atoms with van der Waals surface area (Å²) in [5.74, 6) is -0.148. The molecule has 0 spiro atoms. The van der Waals surface area contributed by atoms with Gasteiger partial charge in [0.2, 0.25) is 0 Å². The molecule has 0 fully saturated rings. The minimum atomic E-state index is -0.910. The van der Waals surface area contributed by atoms with Crippen molar-refractivity contribution in [3.05, 3.63) is 24.4 Å². The number of nitrogens with zero attached hydrogens (tertiary/aromatic N) is 2. The number of hydrogen-bond donors (Lipinski definition) is 1. The highest BCUT2D eigenvalue weighted by Crippen LogP contribution is 1.95. The van der Waals surface area contributed by atoms with Gasteiger partial charge in [-0.15, -0.1) is 0 Å². The minimum absolute atomic E-state index is 0.176. The molecule has 0 saturated heterocycles. The number of amidine groups is 1. The molecule has 0 heterocycles. The standard InChI is InChI=1S/C11H18N2O2/c1-4-6-7-8-13(3)10(5-2)12-9-11(14)15/h4,6-8H,5,9H2,1-3H3,(H,14,15)/b6-4-,8-7+,12-10?. The van der Waals surface area contributed by atoms with E-state index in [0.29, 0.717) is 6.42 Å². The summed E-state index contributed by atoms with van der Waals surface area (Å²) in [7, 11) is 1.85. The molecule has 0 aliphatic rings. The summed E-state index contributed by atoms with van der Waals surface area (Å²) < 4.78 is 0. The molecule has 0 rings (SSSR count). The van der Waals surface area contributed by atoms with Crippen molar-refractivity contribution in [2.45, 2.75) is 20.3 Å². The van der Waals surface area contributed by atoms with Gasteiger partial charge in [-0.05, 0) is 13.0 Å². The number of allylic oxidation sites excluding steroid dienone is 3. The molecule has 0 aromatic rings. The molecule has 0 amide bonds. The Hall–Kier alpha value is -1.58. The van der Waals surface area contributed by atoms with Crippen LogP contribution < -0.4 is 0 Å². The topological polar surface area (TPSA) is 52.9 Å². The number of carbonyl (C=O) groups is 1. The Labute approximate surface area is 90.6 Å². The van der Waals surface area contributed by atoms with E-state index in [0.717, 1.165) is 5.84 Å². The third-order valence-electron chi connectivity index (χ3n) is 1.73. The van der Waals surface area contributed by atoms with Gasteiger partial charge in [0.05, 0.1) is 0 Å². The van der Waals surface area contributed by atoms with Crippen LogP contribution in [0, 0.1) is 0 Å². The Kier molecular flexibility index (Phi) is 6.97. The van der Waals surface area contributed by atoms with Crippen molar-refractivity contribution in [2.75, 3.05) is 13.6 Å². The van der Waals surface area contributed by atoms with Crippen molar-refractivity contribution in [1.82, 2.24) is 4.90 Å². The average Bonchev–Trinajstić information content (AvgIpc) is 2.18. The number of rotatable bonds is 5. The molecule has 4 nitrogen and oxygen atoms in total. The van der Waals surface area contributed by atoms with Crippen LogP contribution in [-0.4, -0.2) is 35.4 Å². The van der Waals surface area contributed by atoms with Gasteiger partial charge < -0.3 is 10.0 Å². The number of aliphatic carboxylic acids is 1. The lowest BCUT2D eigenvalue weighted by atomic mass is 10.4. The second-order valence-electron chi connectivity index (χ2n) is 2.96. The number of hydrogen-bond acceptors (Lipinski definition) is 2. The lowest BCUT2D eigenvalue weighted by Crippen LogP contribution is -2.21. The maximum Gasteiger partial charge on any atom is 0.325 e. The highest BCUT2D eigenvalue weighted by molar-refractivity contribution is 5.84. The average molecular weight is 210 g/mol. The van der Waals surface area contributed by atoms with Crippen LogP contribution >= 0.6 is 0 Å². The summed E-state index contributed by atoms with van der Waals surface area (Å²) in [4.78, 5) is 16.2. The van der Waals surface area contributed by atoms with Crippen molar-refractivity contribution in [2.24, 2.45) is 4.99 Å². The van der Waals surface area contributed by atoms with Crippen molar-refractivity contribution in [1.29, 1.82) is 0 Å². The van der Waals surface area contributed by atoms with Crippen LogP contribution in [0.3, 0.4) is 0 Å². The van der Waals surface area contributed by atoms with Gasteiger partial charge in [0.15, 0.2) is 0 Å². The summed E-state index contributed by atoms with van der Waals surface area (Å²) in [5, 5.41) is 8.50. The Balaban J connectivity index is 4.39. The SMILES string of the molecule is C/C=C\C=C\N(C)C(CC)=NCC(=O)O. The lowest BCUT2D eigenvalue weighted by molar-refractivity contribution is -0.135. The molecule has 0 aliphatic carbocycles. The lowest BCUT2D eigenvalue weighted by Gasteiger charge is -2.14. The van der Waals surface area contributed by atoms with Crippen LogP contribution in [0.15, 0.2) is 29.4 Å². The molecular weight excluding hydrogens is 192 g/mol. The summed E-state index contributed by atoms with van der Waals surface area (Å²) in [6.07, 6.45) is 8.27. The second kappa shape index (κ2) is 7.79. The van der Waals surface area contributed by atoms with E-state index < -0.39 is 5.97 Å². The molecule has 0 aromatic heterocycles. The van der Waals surface area contributed by atoms with Crippen LogP contribution in [0.2, 0.25) is 0 Å². The van der Waals surface area contributed by atoms with Crippen LogP contribution in [0.25, 0.3) is 0 Å². The first-order chi connectivity index (χ1) is 7.11. The van der Waals surface area contributed by atoms with Crippen molar-refractivity contribution < 1.29 is 9.90 Å². The summed E-state index contributed by atoms with van der Waals surface area (Å²) in [6.45, 7) is 3.70. The summed E-state index contributed by atoms with van der Waals surface area (Å²) >= 11 is 0. The predicted octanol–water partition coefficient (Wildman–Crippen LogP) is 1.90. The Morgan fingerprint density at radius 2 is 2.13 bits per heavy atom. The fraction of sp³-hybridized carbons (Fsp3) is 0.455. The van der Waals surface area contributed by atoms with Gasteiger partial charge in [0.1, 0.15) is 12.4 Å². The van der Waals surface area contributed by atoms with E-state index in [1.807, 2.05) is 50.2 Å². The van der Waals surface area contributed by atoms with Gasteiger partial charge in [-0.2, -0.15) is 0 Å². The van der Waals surface area contributed by atoms with Crippen LogP contribution in [0.5, 0.6) is 0 Å². The van der Waals surface area contributed by atoms with Crippen LogP contribution in [0.4, 0.5) is 0 Å². The quantitative estimate of drug-likeness (QED) is 0.428. The van der Waals surface area contributed by atoms with E-state index in [1.165, 1.54) is 0 Å². The first-order valence-corrected chi connectivity index (χ1v) is 4.89. The largest absolute Gasteiger partial charge is 0.480 e. The van der Waals surface area contributed by atoms with Crippen LogP contribution in [0.1, 0.15) is 20.3 Å². The molecule has 0 bridgehead atoms. The van der Waals surface area contributed by atoms with Crippen molar-refractivity contribution in [3.63, 3.8) is 0 Å². The Morgan fingerprint density at radius 3 is 2.60 bits per heavy atom. The van der Waals surface area contributed by atoms with Gasteiger partial charge in [0, 0.05) is 19.7 Å². The van der Waals surface area contributed by atoms with Crippen molar-refractivity contribution >= 4 is 11.8 Å². The van der Waals surface area contributed by atoms with Gasteiger partial charge in [-0.25, -0.2) is 0 Å². The molecule has 0 aliphatic heterocycles. The van der Waals surface area contributed by atoms with Crippen LogP contribution in [-0.2, 0) is 4.79 Å². The van der Waals surface area contributed by atoms with Gasteiger partial charge in [-0.3, -0.25) is 9.79 Å². The maximum atomic E-state index is 10.3. The molecular formula is C11H18N2O2. The summed E-state index contributed by atoms with van der Waals surface area (Å²) in [5.41, 5.74) is 0. The van der Waals surface area contributed by atoms with Gasteiger partial charge >= 0.3 is 5.97 Å². The molecule has 15 heavy (non-hydrogen) atoms. The second-order valence-corrected chi connectivity index (χ2v) is 2.96. The number of carboxylic acid groups (broad SMARTS) is 1. The molecule has 0 radical (unpaired) electrons. The van der Waals surface area contributed by atoms with E-state index in [4.69, 9.17) is 5.11 Å². The Bertz CT molecular complexity index is 280. The minimum Gasteiger partial charge on any atom is -0.480 e. The van der Waals surface area contributed by atoms with E-state index in [9.17, 15) is 4.79 Å². The fourth-order valence-corrected chi connectivity index (χ4v) is 1.01. The number of carboxylic acids is 1. The fourth-order valence-electron chi connectivity index (χ4n) is 1.01. The highest BCUT2D eigenvalue weighted by Gasteiger charge is 2.01. The molecule has 4 heteroatoms. The van der Waals surface area contributed by atoms with Gasteiger partial charge in [0.25, 0.3) is 0 Å². The Morgan fingerprint density at radius 1 is 1.47 bits per heavy atom. The zero-order valence-corrected chi connectivity index (χ0v) is 9.47. The molecule has 0 unspecified atom stereocenters.